The van der Waals surface area contributed by atoms with E-state index in [1.54, 1.807) is 12.2 Å². The van der Waals surface area contributed by atoms with E-state index in [1.807, 2.05) is 45.9 Å². The number of carbonyl (C=O) groups is 1. The summed E-state index contributed by atoms with van der Waals surface area (Å²) in [4.78, 5) is 16.2. The molecule has 1 aliphatic heterocycles. The van der Waals surface area contributed by atoms with Gasteiger partial charge in [-0.3, -0.25) is 13.9 Å². The zero-order valence-corrected chi connectivity index (χ0v) is 30.5. The van der Waals surface area contributed by atoms with Crippen molar-refractivity contribution >= 4 is 116 Å². The molecule has 0 unspecified atom stereocenters. The Morgan fingerprint density at radius 1 is 0.909 bits per heavy atom. The fourth-order valence-electron chi connectivity index (χ4n) is 4.89. The number of Topliss-reactive ketones (excluding diaryl/α,β-unsaturated/α-hetero) is 1. The zero-order chi connectivity index (χ0) is 31.8. The van der Waals surface area contributed by atoms with Crippen LogP contribution < -0.4 is 14.6 Å². The number of allylic oxidation sites excluding steroid dienone is 3. The van der Waals surface area contributed by atoms with Crippen LogP contribution in [-0.2, 0) is 31.6 Å². The van der Waals surface area contributed by atoms with Crippen LogP contribution in [-0.4, -0.2) is 49.8 Å². The molecule has 5 rings (SSSR count). The Morgan fingerprint density at radius 2 is 1.57 bits per heavy atom. The SMILES string of the molecule is O=C1C(/C=C2/Sc3cc(I)ccc3N2CCCCS(=O)(=O)O)=C([O-])C/1=C\c1sc2cc(I)ccc2[n+]1CCCCS(=O)(=O)O. The minimum absolute atomic E-state index is 0.0690. The van der Waals surface area contributed by atoms with Crippen molar-refractivity contribution in [3.63, 3.8) is 0 Å². The Morgan fingerprint density at radius 3 is 2.25 bits per heavy atom. The third-order valence-corrected chi connectivity index (χ3v) is 12.1. The standard InChI is InChI=1S/C28H26I2N2O8S4/c29-17-5-7-21-23(13-17)41-25(31(21)9-1-3-11-43(35,36)37)15-19-27(33)20(28(19)34)16-26-32(10-2-4-12-44(38,39)40)22-8-6-18(30)14-24(22)42-26/h5-8,13-16H,1-4,9-12H2,(H2-,33,34,35,36,37,38,39,40). The number of hydrogen-bond acceptors (Lipinski definition) is 9. The lowest BCUT2D eigenvalue weighted by Gasteiger charge is -2.29. The zero-order valence-electron chi connectivity index (χ0n) is 22.9. The number of unbranched alkanes of at least 4 members (excludes halogenated alkanes) is 2. The fourth-order valence-corrected chi connectivity index (χ4v) is 9.77. The van der Waals surface area contributed by atoms with Gasteiger partial charge in [0, 0.05) is 48.3 Å². The molecule has 0 spiro atoms. The number of halogens is 2. The van der Waals surface area contributed by atoms with Gasteiger partial charge in [-0.05, 0) is 101 Å². The Balaban J connectivity index is 1.42. The molecule has 2 aromatic carbocycles. The quantitative estimate of drug-likeness (QED) is 0.0855. The largest absolute Gasteiger partial charge is 0.871 e. The van der Waals surface area contributed by atoms with Crippen LogP contribution >= 0.6 is 68.3 Å². The van der Waals surface area contributed by atoms with E-state index in [4.69, 9.17) is 9.11 Å². The van der Waals surface area contributed by atoms with Crippen LogP contribution in [0.5, 0.6) is 0 Å². The van der Waals surface area contributed by atoms with E-state index in [9.17, 15) is 26.7 Å². The summed E-state index contributed by atoms with van der Waals surface area (Å²) in [6.45, 7) is 0.886. The molecule has 3 aromatic rings. The number of thiazole rings is 1. The lowest BCUT2D eigenvalue weighted by Crippen LogP contribution is -2.36. The Labute approximate surface area is 290 Å². The summed E-state index contributed by atoms with van der Waals surface area (Å²) in [6, 6.07) is 11.8. The number of ketones is 1. The van der Waals surface area contributed by atoms with Gasteiger partial charge in [0.05, 0.1) is 22.2 Å². The van der Waals surface area contributed by atoms with E-state index in [-0.39, 0.29) is 47.0 Å². The lowest BCUT2D eigenvalue weighted by atomic mass is 9.88. The van der Waals surface area contributed by atoms with Gasteiger partial charge in [0.1, 0.15) is 4.70 Å². The van der Waals surface area contributed by atoms with Gasteiger partial charge in [0.25, 0.3) is 25.2 Å². The highest BCUT2D eigenvalue weighted by Crippen LogP contribution is 2.48. The van der Waals surface area contributed by atoms with E-state index in [0.29, 0.717) is 36.0 Å². The van der Waals surface area contributed by atoms with Crippen molar-refractivity contribution in [2.24, 2.45) is 0 Å². The summed E-state index contributed by atoms with van der Waals surface area (Å²) in [5.41, 5.74) is 1.94. The maximum absolute atomic E-state index is 13.3. The van der Waals surface area contributed by atoms with Crippen molar-refractivity contribution in [3.8, 4) is 0 Å². The van der Waals surface area contributed by atoms with Gasteiger partial charge in [-0.25, -0.2) is 0 Å². The van der Waals surface area contributed by atoms with Crippen LogP contribution in [0.2, 0.25) is 0 Å². The van der Waals surface area contributed by atoms with E-state index in [2.05, 4.69) is 45.2 Å². The molecular weight excluding hydrogens is 874 g/mol. The number of aromatic nitrogens is 1. The smallest absolute Gasteiger partial charge is 0.264 e. The maximum Gasteiger partial charge on any atom is 0.264 e. The number of anilines is 1. The molecule has 2 heterocycles. The van der Waals surface area contributed by atoms with E-state index < -0.39 is 20.2 Å². The summed E-state index contributed by atoms with van der Waals surface area (Å²) in [7, 11) is -8.12. The van der Waals surface area contributed by atoms with Crippen molar-refractivity contribution in [2.45, 2.75) is 37.1 Å². The molecule has 0 saturated heterocycles. The van der Waals surface area contributed by atoms with Gasteiger partial charge < -0.3 is 10.0 Å². The Kier molecular flexibility index (Phi) is 10.5. The molecule has 0 saturated carbocycles. The highest BCUT2D eigenvalue weighted by Gasteiger charge is 2.32. The van der Waals surface area contributed by atoms with Crippen molar-refractivity contribution in [1.29, 1.82) is 0 Å². The third-order valence-electron chi connectivity index (χ3n) is 6.97. The Hall–Kier alpha value is -1.55. The molecule has 0 bridgehead atoms. The first-order chi connectivity index (χ1) is 20.7. The number of aryl methyl sites for hydroxylation is 1. The average molecular weight is 901 g/mol. The van der Waals surface area contributed by atoms with Gasteiger partial charge in [0.2, 0.25) is 5.52 Å². The summed E-state index contributed by atoms with van der Waals surface area (Å²) in [5, 5.41) is 14.7. The monoisotopic (exact) mass is 900 g/mol. The molecule has 16 heteroatoms. The molecule has 234 valence electrons. The molecule has 10 nitrogen and oxygen atoms in total. The first kappa shape index (κ1) is 33.8. The maximum atomic E-state index is 13.3. The van der Waals surface area contributed by atoms with Gasteiger partial charge in [0.15, 0.2) is 12.3 Å². The van der Waals surface area contributed by atoms with Crippen molar-refractivity contribution < 1.29 is 40.4 Å². The van der Waals surface area contributed by atoms with Crippen LogP contribution in [0.25, 0.3) is 16.3 Å². The topological polar surface area (TPSA) is 156 Å². The predicted molar refractivity (Wildman–Crippen MR) is 186 cm³/mol. The Bertz CT molecular complexity index is 1970. The average Bonchev–Trinajstić information content (AvgIpc) is 3.45. The highest BCUT2D eigenvalue weighted by atomic mass is 127. The van der Waals surface area contributed by atoms with Crippen LogP contribution in [0.1, 0.15) is 30.7 Å². The molecule has 0 radical (unpaired) electrons. The lowest BCUT2D eigenvalue weighted by molar-refractivity contribution is -0.669. The van der Waals surface area contributed by atoms with Gasteiger partial charge in [-0.1, -0.05) is 28.9 Å². The number of rotatable bonds is 12. The van der Waals surface area contributed by atoms with E-state index >= 15 is 0 Å². The molecule has 2 aliphatic rings. The molecule has 0 amide bonds. The summed E-state index contributed by atoms with van der Waals surface area (Å²) < 4.78 is 67.7. The molecule has 2 N–H and O–H groups in total. The number of fused-ring (bicyclic) bond motifs is 2. The molecule has 1 aromatic heterocycles. The van der Waals surface area contributed by atoms with Gasteiger partial charge in [-0.15, -0.1) is 0 Å². The van der Waals surface area contributed by atoms with Gasteiger partial charge >= 0.3 is 0 Å². The highest BCUT2D eigenvalue weighted by molar-refractivity contribution is 14.1. The first-order valence-electron chi connectivity index (χ1n) is 13.4. The van der Waals surface area contributed by atoms with Crippen molar-refractivity contribution in [2.75, 3.05) is 23.0 Å². The van der Waals surface area contributed by atoms with E-state index in [1.165, 1.54) is 23.1 Å². The predicted octanol–water partition coefficient (Wildman–Crippen LogP) is 4.77. The number of benzene rings is 2. The minimum atomic E-state index is -4.06. The minimum Gasteiger partial charge on any atom is -0.871 e. The van der Waals surface area contributed by atoms with Crippen LogP contribution in [0.15, 0.2) is 69.3 Å². The number of carbonyl (C=O) groups excluding carboxylic acids is 1. The van der Waals surface area contributed by atoms with E-state index in [0.717, 1.165) is 27.9 Å². The van der Waals surface area contributed by atoms with Crippen molar-refractivity contribution in [1.82, 2.24) is 0 Å². The number of thioether (sulfide) groups is 1. The third kappa shape index (κ3) is 8.05. The van der Waals surface area contributed by atoms with Crippen LogP contribution in [0.3, 0.4) is 0 Å². The van der Waals surface area contributed by atoms with Crippen LogP contribution in [0.4, 0.5) is 5.69 Å². The second-order valence-corrected chi connectivity index (χ2v) is 17.9. The molecule has 0 fully saturated rings. The molecular formula is C28H26I2N2O8S4. The first-order valence-corrected chi connectivity index (χ1v) is 20.4. The second-order valence-electron chi connectivity index (χ2n) is 10.2. The van der Waals surface area contributed by atoms with Crippen molar-refractivity contribution in [3.05, 3.63) is 76.6 Å². The molecule has 0 atom stereocenters. The summed E-state index contributed by atoms with van der Waals surface area (Å²) in [6.07, 6.45) is 4.66. The summed E-state index contributed by atoms with van der Waals surface area (Å²) >= 11 is 7.29. The number of hydrogen-bond donors (Lipinski definition) is 2. The molecule has 44 heavy (non-hydrogen) atoms. The normalized spacial score (nSPS) is 17.3. The van der Waals surface area contributed by atoms with Gasteiger partial charge in [-0.2, -0.15) is 21.4 Å². The van der Waals surface area contributed by atoms with Crippen LogP contribution in [0, 0.1) is 7.14 Å². The number of nitrogens with zero attached hydrogens (tertiary/aromatic N) is 2. The summed E-state index contributed by atoms with van der Waals surface area (Å²) in [5.74, 6) is -1.42. The fraction of sp³-hybridized carbons (Fsp3) is 0.286. The second kappa shape index (κ2) is 13.7. The molecule has 1 aliphatic carbocycles.